The van der Waals surface area contributed by atoms with Gasteiger partial charge in [0.15, 0.2) is 5.82 Å². The quantitative estimate of drug-likeness (QED) is 0.592. The van der Waals surface area contributed by atoms with Crippen molar-refractivity contribution in [2.45, 2.75) is 33.0 Å². The number of nitrogens with two attached hydrogens (primary N) is 1. The van der Waals surface area contributed by atoms with Crippen LogP contribution >= 0.6 is 0 Å². The Morgan fingerprint density at radius 3 is 3.05 bits per heavy atom. The summed E-state index contributed by atoms with van der Waals surface area (Å²) in [6.07, 6.45) is 1.25. The molecular weight excluding hydrogens is 258 g/mol. The molecule has 0 aromatic carbocycles. The number of rotatable bonds is 6. The lowest BCUT2D eigenvalue weighted by Crippen LogP contribution is -2.42. The molecule has 7 heteroatoms. The molecule has 1 aliphatic rings. The molecule has 1 unspecified atom stereocenters. The molecule has 1 fully saturated rings. The number of hydrogen-bond acceptors (Lipinski definition) is 7. The van der Waals surface area contributed by atoms with Gasteiger partial charge in [0.05, 0.1) is 12.7 Å². The lowest BCUT2D eigenvalue weighted by molar-refractivity contribution is 0.0381. The molecular formula is C13H23N5O2. The Bertz CT molecular complexity index is 429. The topological polar surface area (TPSA) is 85.5 Å². The molecule has 3 N–H and O–H groups in total. The molecule has 2 heterocycles. The van der Waals surface area contributed by atoms with Gasteiger partial charge >= 0.3 is 0 Å². The third-order valence-electron chi connectivity index (χ3n) is 3.26. The van der Waals surface area contributed by atoms with Crippen LogP contribution in [0.3, 0.4) is 0 Å². The second kappa shape index (κ2) is 7.37. The molecule has 2 rings (SSSR count). The molecule has 0 aliphatic carbocycles. The fourth-order valence-electron chi connectivity index (χ4n) is 2.15. The van der Waals surface area contributed by atoms with Crippen LogP contribution in [0.25, 0.3) is 0 Å². The Balaban J connectivity index is 2.16. The molecule has 1 saturated heterocycles. The van der Waals surface area contributed by atoms with Crippen molar-refractivity contribution < 1.29 is 9.47 Å². The molecule has 20 heavy (non-hydrogen) atoms. The normalized spacial score (nSPS) is 19.1. The van der Waals surface area contributed by atoms with Crippen LogP contribution in [0.4, 0.5) is 11.6 Å². The third-order valence-corrected chi connectivity index (χ3v) is 3.26. The van der Waals surface area contributed by atoms with Crippen molar-refractivity contribution in [3.05, 3.63) is 11.9 Å². The number of nitrogens with one attached hydrogen (secondary N) is 1. The van der Waals surface area contributed by atoms with Gasteiger partial charge < -0.3 is 19.8 Å². The molecule has 1 atom stereocenters. The molecule has 1 aromatic rings. The first kappa shape index (κ1) is 15.0. The average molecular weight is 281 g/mol. The molecule has 112 valence electrons. The Labute approximate surface area is 119 Å². The summed E-state index contributed by atoms with van der Waals surface area (Å²) in [6.45, 7) is 7.47. The summed E-state index contributed by atoms with van der Waals surface area (Å²) in [5.41, 5.74) is 2.58. The van der Waals surface area contributed by atoms with Crippen molar-refractivity contribution >= 4 is 11.6 Å². The largest absolute Gasteiger partial charge is 0.375 e. The molecule has 0 spiro atoms. The van der Waals surface area contributed by atoms with E-state index in [2.05, 4.69) is 27.2 Å². The summed E-state index contributed by atoms with van der Waals surface area (Å²) >= 11 is 0. The Hall–Kier alpha value is -1.44. The van der Waals surface area contributed by atoms with Crippen molar-refractivity contribution in [1.82, 2.24) is 9.97 Å². The summed E-state index contributed by atoms with van der Waals surface area (Å²) in [5, 5.41) is 0. The Kier molecular flexibility index (Phi) is 5.51. The molecule has 1 aliphatic heterocycles. The van der Waals surface area contributed by atoms with Gasteiger partial charge in [-0.2, -0.15) is 0 Å². The SMILES string of the molecule is CCOCc1nc(NN)cc(N2CCOC(CC)C2)n1. The summed E-state index contributed by atoms with van der Waals surface area (Å²) in [4.78, 5) is 11.0. The zero-order valence-corrected chi connectivity index (χ0v) is 12.1. The highest BCUT2D eigenvalue weighted by molar-refractivity contribution is 5.49. The number of nitrogens with zero attached hydrogens (tertiary/aromatic N) is 3. The minimum absolute atomic E-state index is 0.253. The standard InChI is InChI=1S/C13H23N5O2/c1-3-10-8-18(5-6-20-10)13-7-11(17-14)15-12(16-13)9-19-4-2/h7,10H,3-6,8-9,14H2,1-2H3,(H,15,16,17). The average Bonchev–Trinajstić information content (AvgIpc) is 2.52. The van der Waals surface area contributed by atoms with Crippen LogP contribution in [0.5, 0.6) is 0 Å². The maximum atomic E-state index is 5.68. The zero-order valence-electron chi connectivity index (χ0n) is 12.1. The van der Waals surface area contributed by atoms with E-state index in [9.17, 15) is 0 Å². The molecule has 0 bridgehead atoms. The van der Waals surface area contributed by atoms with Crippen LogP contribution in [-0.2, 0) is 16.1 Å². The van der Waals surface area contributed by atoms with Gasteiger partial charge in [-0.1, -0.05) is 6.92 Å². The first-order chi connectivity index (χ1) is 9.76. The van der Waals surface area contributed by atoms with Gasteiger partial charge in [-0.3, -0.25) is 0 Å². The molecule has 0 radical (unpaired) electrons. The Morgan fingerprint density at radius 1 is 1.50 bits per heavy atom. The predicted octanol–water partition coefficient (Wildman–Crippen LogP) is 0.914. The van der Waals surface area contributed by atoms with Crippen molar-refractivity contribution in [3.8, 4) is 0 Å². The van der Waals surface area contributed by atoms with Crippen molar-refractivity contribution in [2.75, 3.05) is 36.6 Å². The van der Waals surface area contributed by atoms with E-state index in [4.69, 9.17) is 15.3 Å². The highest BCUT2D eigenvalue weighted by Gasteiger charge is 2.21. The monoisotopic (exact) mass is 281 g/mol. The van der Waals surface area contributed by atoms with Gasteiger partial charge in [0.25, 0.3) is 0 Å². The van der Waals surface area contributed by atoms with Gasteiger partial charge in [-0.25, -0.2) is 15.8 Å². The summed E-state index contributed by atoms with van der Waals surface area (Å²) in [5.74, 6) is 7.58. The van der Waals surface area contributed by atoms with Crippen molar-refractivity contribution in [1.29, 1.82) is 0 Å². The van der Waals surface area contributed by atoms with E-state index in [1.807, 2.05) is 13.0 Å². The maximum absolute atomic E-state index is 5.68. The second-order valence-corrected chi connectivity index (χ2v) is 4.66. The Morgan fingerprint density at radius 2 is 2.35 bits per heavy atom. The second-order valence-electron chi connectivity index (χ2n) is 4.66. The number of anilines is 2. The maximum Gasteiger partial charge on any atom is 0.158 e. The first-order valence-electron chi connectivity index (χ1n) is 7.05. The lowest BCUT2D eigenvalue weighted by atomic mass is 10.2. The molecule has 0 saturated carbocycles. The van der Waals surface area contributed by atoms with Crippen LogP contribution in [0.2, 0.25) is 0 Å². The van der Waals surface area contributed by atoms with Crippen molar-refractivity contribution in [2.24, 2.45) is 5.84 Å². The number of hydrazine groups is 1. The number of hydrogen-bond donors (Lipinski definition) is 2. The van der Waals surface area contributed by atoms with Gasteiger partial charge in [0.2, 0.25) is 0 Å². The first-order valence-corrected chi connectivity index (χ1v) is 7.05. The third kappa shape index (κ3) is 3.78. The minimum Gasteiger partial charge on any atom is -0.375 e. The van der Waals surface area contributed by atoms with E-state index in [0.717, 1.165) is 25.3 Å². The van der Waals surface area contributed by atoms with Crippen LogP contribution < -0.4 is 16.2 Å². The van der Waals surface area contributed by atoms with Crippen LogP contribution in [0, 0.1) is 0 Å². The minimum atomic E-state index is 0.253. The van der Waals surface area contributed by atoms with Gasteiger partial charge in [0, 0.05) is 25.8 Å². The number of nitrogen functional groups attached to an aromatic ring is 1. The fourth-order valence-corrected chi connectivity index (χ4v) is 2.15. The van der Waals surface area contributed by atoms with Crippen molar-refractivity contribution in [3.63, 3.8) is 0 Å². The van der Waals surface area contributed by atoms with Crippen LogP contribution in [0.1, 0.15) is 26.1 Å². The number of aromatic nitrogens is 2. The number of ether oxygens (including phenoxy) is 2. The number of morpholine rings is 1. The summed E-state index contributed by atoms with van der Waals surface area (Å²) in [6, 6.07) is 1.85. The summed E-state index contributed by atoms with van der Waals surface area (Å²) in [7, 11) is 0. The van der Waals surface area contributed by atoms with Gasteiger partial charge in [-0.05, 0) is 13.3 Å². The molecule has 1 aromatic heterocycles. The van der Waals surface area contributed by atoms with Gasteiger partial charge in [0.1, 0.15) is 18.2 Å². The van der Waals surface area contributed by atoms with Crippen LogP contribution in [-0.4, -0.2) is 42.4 Å². The molecule has 0 amide bonds. The van der Waals surface area contributed by atoms with E-state index >= 15 is 0 Å². The van der Waals surface area contributed by atoms with E-state index in [-0.39, 0.29) is 6.10 Å². The smallest absolute Gasteiger partial charge is 0.158 e. The van der Waals surface area contributed by atoms with E-state index < -0.39 is 0 Å². The fraction of sp³-hybridized carbons (Fsp3) is 0.692. The van der Waals surface area contributed by atoms with E-state index in [1.54, 1.807) is 0 Å². The highest BCUT2D eigenvalue weighted by Crippen LogP contribution is 2.19. The zero-order chi connectivity index (χ0) is 14.4. The molecule has 7 nitrogen and oxygen atoms in total. The lowest BCUT2D eigenvalue weighted by Gasteiger charge is -2.33. The van der Waals surface area contributed by atoms with E-state index in [1.165, 1.54) is 0 Å². The highest BCUT2D eigenvalue weighted by atomic mass is 16.5. The predicted molar refractivity (Wildman–Crippen MR) is 77.4 cm³/mol. The summed E-state index contributed by atoms with van der Waals surface area (Å²) < 4.78 is 11.0. The van der Waals surface area contributed by atoms with E-state index in [0.29, 0.717) is 31.5 Å². The van der Waals surface area contributed by atoms with Gasteiger partial charge in [-0.15, -0.1) is 0 Å². The van der Waals surface area contributed by atoms with Crippen LogP contribution in [0.15, 0.2) is 6.07 Å².